The van der Waals surface area contributed by atoms with Crippen LogP contribution in [0.15, 0.2) is 18.3 Å². The molecule has 1 heterocycles. The minimum absolute atomic E-state index is 0.354. The molecule has 0 aliphatic carbocycles. The summed E-state index contributed by atoms with van der Waals surface area (Å²) >= 11 is 5.67. The van der Waals surface area contributed by atoms with Crippen LogP contribution >= 0.6 is 11.6 Å². The molecule has 1 aromatic rings. The van der Waals surface area contributed by atoms with E-state index >= 15 is 0 Å². The molecule has 5 heteroatoms. The first-order valence-corrected chi connectivity index (χ1v) is 5.24. The van der Waals surface area contributed by atoms with E-state index in [1.54, 1.807) is 26.0 Å². The number of aromatic nitrogens is 1. The lowest BCUT2D eigenvalue weighted by Crippen LogP contribution is -2.31. The zero-order valence-electron chi connectivity index (χ0n) is 9.12. The summed E-state index contributed by atoms with van der Waals surface area (Å²) in [5.41, 5.74) is -1.03. The normalized spacial score (nSPS) is 13.6. The summed E-state index contributed by atoms with van der Waals surface area (Å²) in [6.45, 7) is 3.39. The molecular weight excluding hydrogens is 226 g/mol. The molecule has 0 bridgehead atoms. The Labute approximate surface area is 99.2 Å². The quantitative estimate of drug-likeness (QED) is 0.879. The third-order valence-electron chi connectivity index (χ3n) is 2.42. The van der Waals surface area contributed by atoms with Crippen molar-refractivity contribution in [3.63, 3.8) is 0 Å². The van der Waals surface area contributed by atoms with Crippen molar-refractivity contribution in [2.75, 3.05) is 5.32 Å². The zero-order valence-corrected chi connectivity index (χ0v) is 9.88. The first kappa shape index (κ1) is 12.5. The van der Waals surface area contributed by atoms with Crippen molar-refractivity contribution < 1.29 is 4.79 Å². The molecule has 0 fully saturated rings. The molecule has 0 spiro atoms. The summed E-state index contributed by atoms with van der Waals surface area (Å²) in [5, 5.41) is 12.0. The van der Waals surface area contributed by atoms with E-state index in [-0.39, 0.29) is 5.91 Å². The maximum absolute atomic E-state index is 11.8. The van der Waals surface area contributed by atoms with E-state index in [2.05, 4.69) is 10.3 Å². The molecule has 1 rings (SSSR count). The van der Waals surface area contributed by atoms with Crippen LogP contribution in [-0.4, -0.2) is 10.9 Å². The Kier molecular flexibility index (Phi) is 3.86. The number of nitriles is 1. The van der Waals surface area contributed by atoms with Crippen LogP contribution in [0, 0.1) is 16.7 Å². The zero-order chi connectivity index (χ0) is 12.2. The van der Waals surface area contributed by atoms with E-state index in [1.165, 1.54) is 6.20 Å². The Morgan fingerprint density at radius 3 is 2.81 bits per heavy atom. The summed E-state index contributed by atoms with van der Waals surface area (Å²) < 4.78 is 0. The number of amides is 1. The van der Waals surface area contributed by atoms with Crippen LogP contribution < -0.4 is 5.32 Å². The average Bonchev–Trinajstić information content (AvgIpc) is 2.31. The van der Waals surface area contributed by atoms with Gasteiger partial charge in [0.15, 0.2) is 0 Å². The number of carbonyl (C=O) groups is 1. The number of carbonyl (C=O) groups excluding carboxylic acids is 1. The second kappa shape index (κ2) is 4.95. The van der Waals surface area contributed by atoms with Crippen LogP contribution in [0.3, 0.4) is 0 Å². The fraction of sp³-hybridized carbons (Fsp3) is 0.364. The first-order chi connectivity index (χ1) is 7.51. The van der Waals surface area contributed by atoms with Crippen LogP contribution in [0.1, 0.15) is 20.3 Å². The van der Waals surface area contributed by atoms with Crippen LogP contribution in [0.5, 0.6) is 0 Å². The number of halogens is 1. The predicted molar refractivity (Wildman–Crippen MR) is 61.9 cm³/mol. The van der Waals surface area contributed by atoms with E-state index in [1.807, 2.05) is 6.07 Å². The van der Waals surface area contributed by atoms with Gasteiger partial charge in [-0.15, -0.1) is 0 Å². The van der Waals surface area contributed by atoms with Gasteiger partial charge >= 0.3 is 0 Å². The van der Waals surface area contributed by atoms with Crippen LogP contribution in [0.4, 0.5) is 5.82 Å². The van der Waals surface area contributed by atoms with E-state index in [0.717, 1.165) is 0 Å². The van der Waals surface area contributed by atoms with Crippen molar-refractivity contribution >= 4 is 23.3 Å². The highest BCUT2D eigenvalue weighted by Crippen LogP contribution is 2.22. The molecule has 0 aliphatic rings. The smallest absolute Gasteiger partial charge is 0.245 e. The van der Waals surface area contributed by atoms with Gasteiger partial charge in [0.2, 0.25) is 5.91 Å². The van der Waals surface area contributed by atoms with Crippen molar-refractivity contribution in [2.45, 2.75) is 20.3 Å². The van der Waals surface area contributed by atoms with Gasteiger partial charge in [0.25, 0.3) is 0 Å². The molecule has 0 saturated carbocycles. The second-order valence-electron chi connectivity index (χ2n) is 3.61. The monoisotopic (exact) mass is 237 g/mol. The van der Waals surface area contributed by atoms with Crippen LogP contribution in [0.2, 0.25) is 5.02 Å². The molecule has 1 amide bonds. The number of rotatable bonds is 3. The third-order valence-corrected chi connectivity index (χ3v) is 2.65. The summed E-state index contributed by atoms with van der Waals surface area (Å²) in [5.74, 6) is 0.0386. The van der Waals surface area contributed by atoms with Gasteiger partial charge in [-0.25, -0.2) is 4.98 Å². The fourth-order valence-corrected chi connectivity index (χ4v) is 1.11. The van der Waals surface area contributed by atoms with Gasteiger partial charge in [0.05, 0.1) is 11.1 Å². The van der Waals surface area contributed by atoms with E-state index in [4.69, 9.17) is 16.9 Å². The molecule has 4 nitrogen and oxygen atoms in total. The van der Waals surface area contributed by atoms with Crippen LogP contribution in [0.25, 0.3) is 0 Å². The average molecular weight is 238 g/mol. The predicted octanol–water partition coefficient (Wildman–Crippen LogP) is 2.61. The number of nitrogens with zero attached hydrogens (tertiary/aromatic N) is 2. The van der Waals surface area contributed by atoms with Gasteiger partial charge < -0.3 is 5.32 Å². The Balaban J connectivity index is 2.79. The van der Waals surface area contributed by atoms with Crippen LogP contribution in [-0.2, 0) is 4.79 Å². The molecule has 1 aromatic heterocycles. The molecular formula is C11H12ClN3O. The van der Waals surface area contributed by atoms with Gasteiger partial charge in [-0.2, -0.15) is 5.26 Å². The summed E-state index contributed by atoms with van der Waals surface area (Å²) in [6.07, 6.45) is 1.88. The van der Waals surface area contributed by atoms with Crippen molar-refractivity contribution in [1.29, 1.82) is 5.26 Å². The number of nitrogens with one attached hydrogen (secondary N) is 1. The topological polar surface area (TPSA) is 65.8 Å². The molecule has 0 saturated heterocycles. The Hall–Kier alpha value is -1.60. The van der Waals surface area contributed by atoms with Gasteiger partial charge in [0, 0.05) is 6.20 Å². The lowest BCUT2D eigenvalue weighted by molar-refractivity contribution is -0.122. The molecule has 1 atom stereocenters. The molecule has 0 aliphatic heterocycles. The van der Waals surface area contributed by atoms with Crippen molar-refractivity contribution in [3.8, 4) is 6.07 Å². The highest BCUT2D eigenvalue weighted by atomic mass is 35.5. The largest absolute Gasteiger partial charge is 0.309 e. The number of anilines is 1. The van der Waals surface area contributed by atoms with Crippen molar-refractivity contribution in [2.24, 2.45) is 5.41 Å². The Bertz CT molecular complexity index is 424. The minimum Gasteiger partial charge on any atom is -0.309 e. The third kappa shape index (κ3) is 2.71. The minimum atomic E-state index is -1.03. The second-order valence-corrected chi connectivity index (χ2v) is 4.05. The molecule has 84 valence electrons. The summed E-state index contributed by atoms with van der Waals surface area (Å²) in [7, 11) is 0. The number of hydrogen-bond donors (Lipinski definition) is 1. The SMILES string of the molecule is CCC(C)(C#N)C(=O)Nc1ccc(Cl)cn1. The summed E-state index contributed by atoms with van der Waals surface area (Å²) in [4.78, 5) is 15.7. The molecule has 1 unspecified atom stereocenters. The molecule has 0 radical (unpaired) electrons. The van der Waals surface area contributed by atoms with E-state index in [9.17, 15) is 4.79 Å². The Morgan fingerprint density at radius 2 is 2.38 bits per heavy atom. The molecule has 0 aromatic carbocycles. The maximum atomic E-state index is 11.8. The van der Waals surface area contributed by atoms with E-state index in [0.29, 0.717) is 17.3 Å². The molecule has 1 N–H and O–H groups in total. The lowest BCUT2D eigenvalue weighted by Gasteiger charge is -2.17. The van der Waals surface area contributed by atoms with Crippen molar-refractivity contribution in [1.82, 2.24) is 4.98 Å². The number of pyridine rings is 1. The van der Waals surface area contributed by atoms with Gasteiger partial charge in [-0.05, 0) is 25.5 Å². The van der Waals surface area contributed by atoms with Crippen molar-refractivity contribution in [3.05, 3.63) is 23.4 Å². The lowest BCUT2D eigenvalue weighted by atomic mass is 9.88. The van der Waals surface area contributed by atoms with Gasteiger partial charge in [-0.3, -0.25) is 4.79 Å². The molecule has 16 heavy (non-hydrogen) atoms. The number of hydrogen-bond acceptors (Lipinski definition) is 3. The van der Waals surface area contributed by atoms with Gasteiger partial charge in [-0.1, -0.05) is 18.5 Å². The maximum Gasteiger partial charge on any atom is 0.245 e. The highest BCUT2D eigenvalue weighted by molar-refractivity contribution is 6.30. The first-order valence-electron chi connectivity index (χ1n) is 4.86. The summed E-state index contributed by atoms with van der Waals surface area (Å²) in [6, 6.07) is 5.21. The fourth-order valence-electron chi connectivity index (χ4n) is 0.994. The Morgan fingerprint density at radius 1 is 1.69 bits per heavy atom. The highest BCUT2D eigenvalue weighted by Gasteiger charge is 2.31. The standard InChI is InChI=1S/C11H12ClN3O/c1-3-11(2,7-13)10(16)15-9-5-4-8(12)6-14-9/h4-6H,3H2,1-2H3,(H,14,15,16). The van der Waals surface area contributed by atoms with E-state index < -0.39 is 5.41 Å². The van der Waals surface area contributed by atoms with Gasteiger partial charge in [0.1, 0.15) is 11.2 Å².